The Kier molecular flexibility index (Phi) is 3.79. The third-order valence-electron chi connectivity index (χ3n) is 2.67. The van der Waals surface area contributed by atoms with Crippen molar-refractivity contribution in [1.29, 1.82) is 0 Å². The number of ether oxygens (including phenoxy) is 1. The van der Waals surface area contributed by atoms with Crippen LogP contribution >= 0.6 is 0 Å². The zero-order valence-corrected chi connectivity index (χ0v) is 9.17. The minimum atomic E-state index is -0.906. The second-order valence-electron chi connectivity index (χ2n) is 3.59. The summed E-state index contributed by atoms with van der Waals surface area (Å²) in [5.74, 6) is 5.54. The fourth-order valence-electron chi connectivity index (χ4n) is 1.77. The summed E-state index contributed by atoms with van der Waals surface area (Å²) in [6, 6.07) is 0. The quantitative estimate of drug-likeness (QED) is 0.559. The summed E-state index contributed by atoms with van der Waals surface area (Å²) in [6.45, 7) is 1.95. The van der Waals surface area contributed by atoms with Gasteiger partial charge in [-0.15, -0.1) is 11.8 Å². The van der Waals surface area contributed by atoms with Crippen LogP contribution in [-0.4, -0.2) is 18.2 Å². The minimum Gasteiger partial charge on any atom is -0.511 e. The Hall–Kier alpha value is -1.43. The van der Waals surface area contributed by atoms with Crippen LogP contribution in [0.2, 0.25) is 0 Å². The van der Waals surface area contributed by atoms with Gasteiger partial charge in [-0.1, -0.05) is 6.92 Å². The van der Waals surface area contributed by atoms with Crippen LogP contribution in [0.5, 0.6) is 0 Å². The van der Waals surface area contributed by atoms with E-state index in [9.17, 15) is 9.90 Å². The van der Waals surface area contributed by atoms with E-state index in [0.29, 0.717) is 19.3 Å². The lowest BCUT2D eigenvalue weighted by molar-refractivity contribution is -0.151. The molecular weight excluding hydrogens is 192 g/mol. The zero-order valence-electron chi connectivity index (χ0n) is 9.17. The van der Waals surface area contributed by atoms with E-state index in [-0.39, 0.29) is 11.7 Å². The lowest BCUT2D eigenvalue weighted by Gasteiger charge is -2.23. The number of methoxy groups -OCH3 is 1. The monoisotopic (exact) mass is 208 g/mol. The maximum atomic E-state index is 11.6. The first kappa shape index (κ1) is 11.6. The molecule has 0 fully saturated rings. The molecular formula is C12H16O3. The molecule has 0 heterocycles. The molecule has 0 spiro atoms. The molecule has 0 saturated carbocycles. The first-order valence-electron chi connectivity index (χ1n) is 5.11. The Balaban J connectivity index is 2.88. The Bertz CT molecular complexity index is 333. The smallest absolute Gasteiger partial charge is 0.320 e. The van der Waals surface area contributed by atoms with Crippen molar-refractivity contribution < 1.29 is 14.6 Å². The molecule has 0 aromatic rings. The van der Waals surface area contributed by atoms with Crippen molar-refractivity contribution in [2.75, 3.05) is 7.11 Å². The van der Waals surface area contributed by atoms with Gasteiger partial charge in [0.05, 0.1) is 7.11 Å². The maximum Gasteiger partial charge on any atom is 0.320 e. The number of carbonyl (C=O) groups is 1. The van der Waals surface area contributed by atoms with Crippen molar-refractivity contribution >= 4 is 5.97 Å². The van der Waals surface area contributed by atoms with Crippen LogP contribution in [0.4, 0.5) is 0 Å². The molecule has 1 aliphatic rings. The molecule has 0 amide bonds. The molecule has 0 radical (unpaired) electrons. The number of carbonyl (C=O) groups excluding carboxylic acids is 1. The Morgan fingerprint density at radius 1 is 1.67 bits per heavy atom. The van der Waals surface area contributed by atoms with Crippen molar-refractivity contribution in [3.05, 3.63) is 11.8 Å². The topological polar surface area (TPSA) is 46.5 Å². The second-order valence-corrected chi connectivity index (χ2v) is 3.59. The first-order chi connectivity index (χ1) is 7.17. The van der Waals surface area contributed by atoms with Crippen molar-refractivity contribution in [1.82, 2.24) is 0 Å². The predicted octanol–water partition coefficient (Wildman–Crippen LogP) is 2.19. The van der Waals surface area contributed by atoms with Gasteiger partial charge in [-0.05, 0) is 18.9 Å². The van der Waals surface area contributed by atoms with Crippen LogP contribution in [0.15, 0.2) is 11.8 Å². The lowest BCUT2D eigenvalue weighted by Crippen LogP contribution is -2.31. The van der Waals surface area contributed by atoms with Crippen LogP contribution in [0.1, 0.15) is 32.6 Å². The van der Waals surface area contributed by atoms with Crippen LogP contribution in [0.3, 0.4) is 0 Å². The molecule has 0 bridgehead atoms. The van der Waals surface area contributed by atoms with Crippen LogP contribution in [0, 0.1) is 17.3 Å². The standard InChI is InChI=1S/C12H16O3/c1-3-4-5-8-12(11(14)15-2)9-6-7-10(12)13/h7,13H,3,6,8-9H2,1-2H3. The lowest BCUT2D eigenvalue weighted by atomic mass is 9.82. The normalized spacial score (nSPS) is 24.0. The van der Waals surface area contributed by atoms with Gasteiger partial charge in [0.15, 0.2) is 0 Å². The molecule has 1 N–H and O–H groups in total. The summed E-state index contributed by atoms with van der Waals surface area (Å²) < 4.78 is 4.73. The largest absolute Gasteiger partial charge is 0.511 e. The van der Waals surface area contributed by atoms with Crippen LogP contribution < -0.4 is 0 Å². The van der Waals surface area contributed by atoms with Gasteiger partial charge in [0.2, 0.25) is 0 Å². The number of hydrogen-bond donors (Lipinski definition) is 1. The molecule has 1 unspecified atom stereocenters. The third-order valence-corrected chi connectivity index (χ3v) is 2.67. The van der Waals surface area contributed by atoms with Crippen molar-refractivity contribution in [3.63, 3.8) is 0 Å². The predicted molar refractivity (Wildman–Crippen MR) is 57.1 cm³/mol. The van der Waals surface area contributed by atoms with Crippen molar-refractivity contribution in [2.24, 2.45) is 5.41 Å². The van der Waals surface area contributed by atoms with E-state index in [2.05, 4.69) is 11.8 Å². The summed E-state index contributed by atoms with van der Waals surface area (Å²) in [7, 11) is 1.34. The molecule has 3 heteroatoms. The third kappa shape index (κ3) is 2.15. The zero-order chi connectivity index (χ0) is 11.3. The fraction of sp³-hybridized carbons (Fsp3) is 0.583. The van der Waals surface area contributed by atoms with Gasteiger partial charge >= 0.3 is 5.97 Å². The van der Waals surface area contributed by atoms with Crippen LogP contribution in [-0.2, 0) is 9.53 Å². The van der Waals surface area contributed by atoms with E-state index in [1.165, 1.54) is 7.11 Å². The van der Waals surface area contributed by atoms with Crippen molar-refractivity contribution in [3.8, 4) is 11.8 Å². The Labute approximate surface area is 90.1 Å². The average molecular weight is 208 g/mol. The molecule has 82 valence electrons. The van der Waals surface area contributed by atoms with E-state index in [1.807, 2.05) is 6.92 Å². The second kappa shape index (κ2) is 4.88. The van der Waals surface area contributed by atoms with Gasteiger partial charge in [-0.2, -0.15) is 0 Å². The molecule has 3 nitrogen and oxygen atoms in total. The summed E-state index contributed by atoms with van der Waals surface area (Å²) in [4.78, 5) is 11.6. The van der Waals surface area contributed by atoms with Crippen molar-refractivity contribution in [2.45, 2.75) is 32.6 Å². The number of aliphatic hydroxyl groups is 1. The van der Waals surface area contributed by atoms with E-state index in [0.717, 1.165) is 6.42 Å². The summed E-state index contributed by atoms with van der Waals surface area (Å²) in [5.41, 5.74) is -0.906. The summed E-state index contributed by atoms with van der Waals surface area (Å²) in [6.07, 6.45) is 4.06. The Morgan fingerprint density at radius 3 is 2.87 bits per heavy atom. The molecule has 1 aliphatic carbocycles. The highest BCUT2D eigenvalue weighted by molar-refractivity contribution is 5.81. The van der Waals surface area contributed by atoms with E-state index in [1.54, 1.807) is 6.08 Å². The van der Waals surface area contributed by atoms with Gasteiger partial charge in [-0.25, -0.2) is 0 Å². The van der Waals surface area contributed by atoms with E-state index < -0.39 is 5.41 Å². The molecule has 1 rings (SSSR count). The highest BCUT2D eigenvalue weighted by atomic mass is 16.5. The highest BCUT2D eigenvalue weighted by Crippen LogP contribution is 2.41. The van der Waals surface area contributed by atoms with Gasteiger partial charge in [-0.3, -0.25) is 4.79 Å². The van der Waals surface area contributed by atoms with Gasteiger partial charge in [0.1, 0.15) is 11.2 Å². The van der Waals surface area contributed by atoms with Gasteiger partial charge in [0, 0.05) is 12.8 Å². The number of rotatable bonds is 2. The fourth-order valence-corrected chi connectivity index (χ4v) is 1.77. The Morgan fingerprint density at radius 2 is 2.40 bits per heavy atom. The number of hydrogen-bond acceptors (Lipinski definition) is 3. The summed E-state index contributed by atoms with van der Waals surface area (Å²) in [5, 5.41) is 9.73. The average Bonchev–Trinajstić information content (AvgIpc) is 2.61. The molecule has 1 atom stereocenters. The van der Waals surface area contributed by atoms with E-state index in [4.69, 9.17) is 4.74 Å². The summed E-state index contributed by atoms with van der Waals surface area (Å²) >= 11 is 0. The molecule has 0 saturated heterocycles. The number of esters is 1. The minimum absolute atomic E-state index is 0.111. The van der Waals surface area contributed by atoms with Gasteiger partial charge in [0.25, 0.3) is 0 Å². The highest BCUT2D eigenvalue weighted by Gasteiger charge is 2.45. The number of allylic oxidation sites excluding steroid dienone is 1. The molecule has 15 heavy (non-hydrogen) atoms. The SMILES string of the molecule is CCC#CCC1(C(=O)OC)CCC=C1O. The molecule has 0 aromatic heterocycles. The maximum absolute atomic E-state index is 11.6. The number of aliphatic hydroxyl groups excluding tert-OH is 1. The molecule has 0 aromatic carbocycles. The molecule has 0 aliphatic heterocycles. The van der Waals surface area contributed by atoms with Crippen LogP contribution in [0.25, 0.3) is 0 Å². The van der Waals surface area contributed by atoms with Gasteiger partial charge < -0.3 is 9.84 Å². The first-order valence-corrected chi connectivity index (χ1v) is 5.11. The van der Waals surface area contributed by atoms with E-state index >= 15 is 0 Å².